The van der Waals surface area contributed by atoms with Crippen LogP contribution in [-0.4, -0.2) is 50.7 Å². The first kappa shape index (κ1) is 13.2. The molecule has 0 atom stereocenters. The third kappa shape index (κ3) is 2.62. The fraction of sp³-hybridized carbons (Fsp3) is 0.444. The minimum absolute atomic E-state index is 0.0404. The van der Waals surface area contributed by atoms with Crippen molar-refractivity contribution in [2.45, 2.75) is 4.90 Å². The molecule has 1 aliphatic heterocycles. The van der Waals surface area contributed by atoms with Crippen molar-refractivity contribution in [2.24, 2.45) is 0 Å². The average molecular weight is 292 g/mol. The van der Waals surface area contributed by atoms with E-state index in [0.29, 0.717) is 0 Å². The number of nitrogens with zero attached hydrogens (tertiary/aromatic N) is 1. The molecular formula is C9H12N2O5S2. The standard InChI is InChI=1S/C9H12N2O5S2/c12-9-2-1-8(7-10-9)18(15,16)11-3-5-17(13,14)6-4-11/h1-2,7H,3-6H2,(H,10,12). The van der Waals surface area contributed by atoms with E-state index in [2.05, 4.69) is 4.98 Å². The van der Waals surface area contributed by atoms with Gasteiger partial charge in [-0.05, 0) is 6.07 Å². The maximum atomic E-state index is 12.1. The molecule has 0 unspecified atom stereocenters. The first-order chi connectivity index (χ1) is 8.31. The fourth-order valence-corrected chi connectivity index (χ4v) is 4.48. The number of aromatic nitrogens is 1. The maximum absolute atomic E-state index is 12.1. The van der Waals surface area contributed by atoms with Crippen molar-refractivity contribution in [3.63, 3.8) is 0 Å². The Hall–Kier alpha value is -1.19. The Morgan fingerprint density at radius 3 is 2.28 bits per heavy atom. The van der Waals surface area contributed by atoms with Crippen molar-refractivity contribution < 1.29 is 16.8 Å². The molecule has 2 rings (SSSR count). The Morgan fingerprint density at radius 2 is 1.78 bits per heavy atom. The van der Waals surface area contributed by atoms with E-state index in [1.807, 2.05) is 0 Å². The maximum Gasteiger partial charge on any atom is 0.247 e. The van der Waals surface area contributed by atoms with Gasteiger partial charge in [-0.15, -0.1) is 0 Å². The lowest BCUT2D eigenvalue weighted by molar-refractivity contribution is 0.430. The number of nitrogens with one attached hydrogen (secondary N) is 1. The molecule has 0 radical (unpaired) electrons. The third-order valence-electron chi connectivity index (χ3n) is 2.70. The minimum Gasteiger partial charge on any atom is -0.328 e. The van der Waals surface area contributed by atoms with Crippen LogP contribution in [0.5, 0.6) is 0 Å². The molecule has 1 fully saturated rings. The van der Waals surface area contributed by atoms with Gasteiger partial charge in [-0.1, -0.05) is 0 Å². The van der Waals surface area contributed by atoms with Crippen LogP contribution in [0.15, 0.2) is 28.0 Å². The summed E-state index contributed by atoms with van der Waals surface area (Å²) in [5, 5.41) is 0. The second kappa shape index (κ2) is 4.48. The van der Waals surface area contributed by atoms with Crippen LogP contribution in [0.3, 0.4) is 0 Å². The van der Waals surface area contributed by atoms with Crippen molar-refractivity contribution in [3.8, 4) is 0 Å². The molecule has 0 spiro atoms. The van der Waals surface area contributed by atoms with Gasteiger partial charge >= 0.3 is 0 Å². The zero-order valence-electron chi connectivity index (χ0n) is 9.37. The van der Waals surface area contributed by atoms with Gasteiger partial charge in [0, 0.05) is 25.4 Å². The number of rotatable bonds is 2. The zero-order chi connectivity index (χ0) is 13.4. The van der Waals surface area contributed by atoms with Crippen molar-refractivity contribution >= 4 is 19.9 Å². The Kier molecular flexibility index (Phi) is 3.30. The van der Waals surface area contributed by atoms with Crippen LogP contribution in [0, 0.1) is 0 Å². The van der Waals surface area contributed by atoms with E-state index < -0.39 is 25.4 Å². The molecule has 0 saturated carbocycles. The van der Waals surface area contributed by atoms with E-state index in [-0.39, 0.29) is 29.5 Å². The summed E-state index contributed by atoms with van der Waals surface area (Å²) >= 11 is 0. The Balaban J connectivity index is 2.28. The van der Waals surface area contributed by atoms with Gasteiger partial charge in [0.2, 0.25) is 15.6 Å². The molecule has 9 heteroatoms. The lowest BCUT2D eigenvalue weighted by Crippen LogP contribution is -2.43. The van der Waals surface area contributed by atoms with Crippen LogP contribution >= 0.6 is 0 Å². The summed E-state index contributed by atoms with van der Waals surface area (Å²) in [6, 6.07) is 2.32. The summed E-state index contributed by atoms with van der Waals surface area (Å²) in [5.74, 6) is -0.342. The van der Waals surface area contributed by atoms with Gasteiger partial charge in [-0.3, -0.25) is 4.79 Å². The van der Waals surface area contributed by atoms with Crippen LogP contribution in [0.1, 0.15) is 0 Å². The van der Waals surface area contributed by atoms with Gasteiger partial charge in [0.25, 0.3) is 0 Å². The molecule has 1 N–H and O–H groups in total. The van der Waals surface area contributed by atoms with Crippen LogP contribution in [0.25, 0.3) is 0 Å². The predicted molar refractivity (Wildman–Crippen MR) is 64.5 cm³/mol. The number of sulfone groups is 1. The number of sulfonamides is 1. The molecule has 2 heterocycles. The van der Waals surface area contributed by atoms with Crippen molar-refractivity contribution in [1.82, 2.24) is 9.29 Å². The van der Waals surface area contributed by atoms with Gasteiger partial charge < -0.3 is 4.98 Å². The molecule has 0 bridgehead atoms. The zero-order valence-corrected chi connectivity index (χ0v) is 11.0. The monoisotopic (exact) mass is 292 g/mol. The van der Waals surface area contributed by atoms with E-state index in [1.165, 1.54) is 6.07 Å². The second-order valence-corrected chi connectivity index (χ2v) is 8.19. The van der Waals surface area contributed by atoms with E-state index in [1.54, 1.807) is 0 Å². The van der Waals surface area contributed by atoms with E-state index >= 15 is 0 Å². The average Bonchev–Trinajstić information content (AvgIpc) is 2.29. The lowest BCUT2D eigenvalue weighted by atomic mass is 10.5. The minimum atomic E-state index is -3.73. The number of H-pyrrole nitrogens is 1. The smallest absolute Gasteiger partial charge is 0.247 e. The molecule has 0 aromatic carbocycles. The fourth-order valence-electron chi connectivity index (χ4n) is 1.64. The topological polar surface area (TPSA) is 104 Å². The van der Waals surface area contributed by atoms with E-state index in [4.69, 9.17) is 0 Å². The summed E-state index contributed by atoms with van der Waals surface area (Å²) in [6.45, 7) is -0.104. The number of pyridine rings is 1. The van der Waals surface area contributed by atoms with Crippen molar-refractivity contribution in [3.05, 3.63) is 28.7 Å². The summed E-state index contributed by atoms with van der Waals surface area (Å²) < 4.78 is 47.8. The van der Waals surface area contributed by atoms with Gasteiger partial charge in [0.1, 0.15) is 0 Å². The molecule has 1 aromatic heterocycles. The molecule has 1 aliphatic rings. The highest BCUT2D eigenvalue weighted by Gasteiger charge is 2.31. The first-order valence-corrected chi connectivity index (χ1v) is 8.47. The summed E-state index contributed by atoms with van der Waals surface area (Å²) in [5.41, 5.74) is -0.393. The van der Waals surface area contributed by atoms with Gasteiger partial charge in [-0.25, -0.2) is 16.8 Å². The van der Waals surface area contributed by atoms with Crippen LogP contribution < -0.4 is 5.56 Å². The van der Waals surface area contributed by atoms with Crippen LogP contribution in [0.2, 0.25) is 0 Å². The highest BCUT2D eigenvalue weighted by Crippen LogP contribution is 2.16. The largest absolute Gasteiger partial charge is 0.328 e. The molecule has 7 nitrogen and oxygen atoms in total. The highest BCUT2D eigenvalue weighted by atomic mass is 32.2. The van der Waals surface area contributed by atoms with E-state index in [9.17, 15) is 21.6 Å². The van der Waals surface area contributed by atoms with Gasteiger partial charge in [0.15, 0.2) is 9.84 Å². The molecular weight excluding hydrogens is 280 g/mol. The van der Waals surface area contributed by atoms with Crippen LogP contribution in [-0.2, 0) is 19.9 Å². The molecule has 1 saturated heterocycles. The van der Waals surface area contributed by atoms with Gasteiger partial charge in [-0.2, -0.15) is 4.31 Å². The quantitative estimate of drug-likeness (QED) is 0.737. The number of hydrogen-bond acceptors (Lipinski definition) is 5. The normalized spacial score (nSPS) is 20.7. The van der Waals surface area contributed by atoms with E-state index in [0.717, 1.165) is 16.6 Å². The summed E-state index contributed by atoms with van der Waals surface area (Å²) in [7, 11) is -6.86. The summed E-state index contributed by atoms with van der Waals surface area (Å²) in [4.78, 5) is 13.1. The second-order valence-electron chi connectivity index (χ2n) is 3.94. The number of hydrogen-bond donors (Lipinski definition) is 1. The predicted octanol–water partition coefficient (Wildman–Crippen LogP) is -1.21. The Bertz CT molecular complexity index is 670. The molecule has 100 valence electrons. The molecule has 0 amide bonds. The van der Waals surface area contributed by atoms with Crippen LogP contribution in [0.4, 0.5) is 0 Å². The third-order valence-corrected chi connectivity index (χ3v) is 6.20. The highest BCUT2D eigenvalue weighted by molar-refractivity contribution is 7.92. The summed E-state index contributed by atoms with van der Waals surface area (Å²) in [6.07, 6.45) is 1.11. The molecule has 0 aliphatic carbocycles. The van der Waals surface area contributed by atoms with Crippen molar-refractivity contribution in [1.29, 1.82) is 0 Å². The first-order valence-electron chi connectivity index (χ1n) is 5.21. The Morgan fingerprint density at radius 1 is 1.17 bits per heavy atom. The van der Waals surface area contributed by atoms with Crippen molar-refractivity contribution in [2.75, 3.05) is 24.6 Å². The molecule has 18 heavy (non-hydrogen) atoms. The molecule has 1 aromatic rings. The van der Waals surface area contributed by atoms with Gasteiger partial charge in [0.05, 0.1) is 16.4 Å². The number of aromatic amines is 1. The SMILES string of the molecule is O=c1ccc(S(=O)(=O)N2CCS(=O)(=O)CC2)c[nH]1. The lowest BCUT2D eigenvalue weighted by Gasteiger charge is -2.25. The Labute approximate surface area is 104 Å².